The average molecular weight is 347 g/mol. The summed E-state index contributed by atoms with van der Waals surface area (Å²) < 4.78 is 0. The number of hydrogen-bond donors (Lipinski definition) is 1. The molecule has 1 amide bonds. The number of aromatic nitrogens is 1. The van der Waals surface area contributed by atoms with Crippen molar-refractivity contribution in [3.05, 3.63) is 45.5 Å². The minimum atomic E-state index is -0.480. The zero-order chi connectivity index (χ0) is 17.3. The molecule has 126 valence electrons. The number of nitro groups is 1. The van der Waals surface area contributed by atoms with Gasteiger partial charge in [0, 0.05) is 36.7 Å². The molecular formula is C16H17N3O4S. The summed E-state index contributed by atoms with van der Waals surface area (Å²) in [6, 6.07) is 6.06. The number of thiazole rings is 1. The van der Waals surface area contributed by atoms with Crippen LogP contribution in [-0.2, 0) is 0 Å². The summed E-state index contributed by atoms with van der Waals surface area (Å²) in [5.74, 6) is 0.0745. The van der Waals surface area contributed by atoms with Gasteiger partial charge < -0.3 is 10.0 Å². The van der Waals surface area contributed by atoms with Crippen molar-refractivity contribution in [1.29, 1.82) is 0 Å². The Morgan fingerprint density at radius 1 is 1.46 bits per heavy atom. The normalized spacial score (nSPS) is 15.1. The monoisotopic (exact) mass is 347 g/mol. The van der Waals surface area contributed by atoms with Crippen molar-refractivity contribution in [2.24, 2.45) is 5.92 Å². The molecule has 24 heavy (non-hydrogen) atoms. The summed E-state index contributed by atoms with van der Waals surface area (Å²) in [5, 5.41) is 22.9. The fourth-order valence-corrected chi connectivity index (χ4v) is 3.22. The van der Waals surface area contributed by atoms with Crippen molar-refractivity contribution < 1.29 is 14.8 Å². The molecule has 2 aromatic rings. The Hall–Kier alpha value is -2.32. The Labute approximate surface area is 142 Å². The van der Waals surface area contributed by atoms with E-state index in [1.165, 1.54) is 28.4 Å². The summed E-state index contributed by atoms with van der Waals surface area (Å²) in [6.45, 7) is 0.299. The van der Waals surface area contributed by atoms with Crippen LogP contribution >= 0.6 is 11.3 Å². The van der Waals surface area contributed by atoms with Gasteiger partial charge in [-0.05, 0) is 30.9 Å². The first-order valence-electron chi connectivity index (χ1n) is 7.59. The molecule has 1 N–H and O–H groups in total. The molecule has 1 aliphatic rings. The Balaban J connectivity index is 1.69. The Bertz CT molecular complexity index is 755. The number of carbonyl (C=O) groups excluding carboxylic acids is 1. The molecular weight excluding hydrogens is 330 g/mol. The van der Waals surface area contributed by atoms with Crippen LogP contribution < -0.4 is 0 Å². The number of benzene rings is 1. The highest BCUT2D eigenvalue weighted by Gasteiger charge is 2.31. The zero-order valence-electron chi connectivity index (χ0n) is 13.1. The molecule has 0 radical (unpaired) electrons. The van der Waals surface area contributed by atoms with E-state index in [1.54, 1.807) is 24.6 Å². The quantitative estimate of drug-likeness (QED) is 0.640. The number of nitro benzene ring substituents is 1. The Morgan fingerprint density at radius 3 is 2.71 bits per heavy atom. The minimum absolute atomic E-state index is 0.0143. The molecule has 1 aliphatic carbocycles. The third kappa shape index (κ3) is 3.60. The minimum Gasteiger partial charge on any atom is -0.391 e. The van der Waals surface area contributed by atoms with Crippen molar-refractivity contribution in [2.75, 3.05) is 13.6 Å². The van der Waals surface area contributed by atoms with E-state index in [-0.39, 0.29) is 11.6 Å². The van der Waals surface area contributed by atoms with Crippen LogP contribution in [0.4, 0.5) is 5.69 Å². The van der Waals surface area contributed by atoms with Gasteiger partial charge in [-0.25, -0.2) is 4.98 Å². The highest BCUT2D eigenvalue weighted by atomic mass is 32.1. The lowest BCUT2D eigenvalue weighted by atomic mass is 10.2. The first-order valence-corrected chi connectivity index (χ1v) is 8.47. The number of aliphatic hydroxyl groups is 1. The van der Waals surface area contributed by atoms with E-state index >= 15 is 0 Å². The number of hydrogen-bond acceptors (Lipinski definition) is 6. The van der Waals surface area contributed by atoms with Crippen LogP contribution in [0.25, 0.3) is 10.6 Å². The second-order valence-corrected chi connectivity index (χ2v) is 6.79. The van der Waals surface area contributed by atoms with Crippen molar-refractivity contribution in [3.8, 4) is 10.6 Å². The third-order valence-corrected chi connectivity index (χ3v) is 4.91. The summed E-state index contributed by atoms with van der Waals surface area (Å²) in [4.78, 5) is 28.4. The summed E-state index contributed by atoms with van der Waals surface area (Å²) in [7, 11) is 1.65. The van der Waals surface area contributed by atoms with Gasteiger partial charge in [0.1, 0.15) is 10.7 Å². The van der Waals surface area contributed by atoms with E-state index in [0.29, 0.717) is 23.2 Å². The molecule has 0 spiro atoms. The van der Waals surface area contributed by atoms with Crippen LogP contribution in [0.1, 0.15) is 23.3 Å². The average Bonchev–Trinajstić information content (AvgIpc) is 3.31. The molecule has 7 nitrogen and oxygen atoms in total. The number of amides is 1. The smallest absolute Gasteiger partial charge is 0.273 e. The SMILES string of the molecule is CN(CC(O)C1CC1)C(=O)c1csc(-c2ccc([N+](=O)[O-])cc2)n1. The summed E-state index contributed by atoms with van der Waals surface area (Å²) in [6.07, 6.45) is 1.56. The molecule has 1 heterocycles. The van der Waals surface area contributed by atoms with E-state index in [1.807, 2.05) is 0 Å². The van der Waals surface area contributed by atoms with Crippen LogP contribution in [0.5, 0.6) is 0 Å². The van der Waals surface area contributed by atoms with Gasteiger partial charge in [0.15, 0.2) is 0 Å². The predicted molar refractivity (Wildman–Crippen MR) is 89.9 cm³/mol. The first-order chi connectivity index (χ1) is 11.5. The Kier molecular flexibility index (Phi) is 4.59. The van der Waals surface area contributed by atoms with Gasteiger partial charge >= 0.3 is 0 Å². The van der Waals surface area contributed by atoms with E-state index in [4.69, 9.17) is 0 Å². The van der Waals surface area contributed by atoms with E-state index in [0.717, 1.165) is 18.4 Å². The zero-order valence-corrected chi connectivity index (χ0v) is 13.9. The lowest BCUT2D eigenvalue weighted by molar-refractivity contribution is -0.384. The van der Waals surface area contributed by atoms with Gasteiger partial charge in [-0.3, -0.25) is 14.9 Å². The summed E-state index contributed by atoms with van der Waals surface area (Å²) >= 11 is 1.31. The van der Waals surface area contributed by atoms with E-state index in [2.05, 4.69) is 4.98 Å². The number of nitrogens with zero attached hydrogens (tertiary/aromatic N) is 3. The summed E-state index contributed by atoms with van der Waals surface area (Å²) in [5.41, 5.74) is 1.06. The second kappa shape index (κ2) is 6.66. The van der Waals surface area contributed by atoms with Crippen LogP contribution in [-0.4, -0.2) is 45.5 Å². The lowest BCUT2D eigenvalue weighted by Gasteiger charge is -2.19. The molecule has 8 heteroatoms. The van der Waals surface area contributed by atoms with E-state index < -0.39 is 11.0 Å². The van der Waals surface area contributed by atoms with Crippen LogP contribution in [0.15, 0.2) is 29.6 Å². The molecule has 1 aromatic carbocycles. The second-order valence-electron chi connectivity index (χ2n) is 5.93. The van der Waals surface area contributed by atoms with Crippen molar-refractivity contribution >= 4 is 22.9 Å². The molecule has 1 fully saturated rings. The van der Waals surface area contributed by atoms with Gasteiger partial charge in [0.25, 0.3) is 11.6 Å². The molecule has 1 atom stereocenters. The van der Waals surface area contributed by atoms with Crippen LogP contribution in [0, 0.1) is 16.0 Å². The lowest BCUT2D eigenvalue weighted by Crippen LogP contribution is -2.35. The van der Waals surface area contributed by atoms with Crippen LogP contribution in [0.2, 0.25) is 0 Å². The van der Waals surface area contributed by atoms with Crippen LogP contribution in [0.3, 0.4) is 0 Å². The molecule has 1 aromatic heterocycles. The van der Waals surface area contributed by atoms with Gasteiger partial charge in [-0.1, -0.05) is 0 Å². The standard InChI is InChI=1S/C16H17N3O4S/c1-18(8-14(20)10-2-3-10)16(21)13-9-24-15(17-13)11-4-6-12(7-5-11)19(22)23/h4-7,9-10,14,20H,2-3,8H2,1H3. The highest BCUT2D eigenvalue weighted by molar-refractivity contribution is 7.13. The molecule has 0 saturated heterocycles. The number of likely N-dealkylation sites (N-methyl/N-ethyl adjacent to an activating group) is 1. The highest BCUT2D eigenvalue weighted by Crippen LogP contribution is 2.33. The van der Waals surface area contributed by atoms with Gasteiger partial charge in [-0.15, -0.1) is 11.3 Å². The van der Waals surface area contributed by atoms with E-state index in [9.17, 15) is 20.0 Å². The fraction of sp³-hybridized carbons (Fsp3) is 0.375. The molecule has 3 rings (SSSR count). The third-order valence-electron chi connectivity index (χ3n) is 4.02. The number of carbonyl (C=O) groups is 1. The number of rotatable bonds is 6. The molecule has 1 saturated carbocycles. The maximum atomic E-state index is 12.4. The predicted octanol–water partition coefficient (Wildman–Crippen LogP) is 2.56. The first kappa shape index (κ1) is 16.5. The number of non-ortho nitro benzene ring substituents is 1. The Morgan fingerprint density at radius 2 is 2.12 bits per heavy atom. The molecule has 1 unspecified atom stereocenters. The largest absolute Gasteiger partial charge is 0.391 e. The maximum absolute atomic E-state index is 12.4. The number of aliphatic hydroxyl groups excluding tert-OH is 1. The fourth-order valence-electron chi connectivity index (χ4n) is 2.42. The molecule has 0 bridgehead atoms. The topological polar surface area (TPSA) is 96.6 Å². The van der Waals surface area contributed by atoms with Gasteiger partial charge in [-0.2, -0.15) is 0 Å². The van der Waals surface area contributed by atoms with Crippen molar-refractivity contribution in [3.63, 3.8) is 0 Å². The van der Waals surface area contributed by atoms with Gasteiger partial charge in [0.2, 0.25) is 0 Å². The molecule has 0 aliphatic heterocycles. The van der Waals surface area contributed by atoms with Crippen molar-refractivity contribution in [1.82, 2.24) is 9.88 Å². The van der Waals surface area contributed by atoms with Crippen molar-refractivity contribution in [2.45, 2.75) is 18.9 Å². The maximum Gasteiger partial charge on any atom is 0.273 e. The van der Waals surface area contributed by atoms with Gasteiger partial charge in [0.05, 0.1) is 11.0 Å².